The van der Waals surface area contributed by atoms with Crippen molar-refractivity contribution in [2.24, 2.45) is 0 Å². The molecule has 2 heterocycles. The van der Waals surface area contributed by atoms with E-state index in [0.717, 1.165) is 6.42 Å². The summed E-state index contributed by atoms with van der Waals surface area (Å²) in [7, 11) is 0. The molecule has 24 heavy (non-hydrogen) atoms. The average Bonchev–Trinajstić information content (AvgIpc) is 3.10. The fraction of sp³-hybridized carbons (Fsp3) is 0.188. The fourth-order valence-corrected chi connectivity index (χ4v) is 2.16. The van der Waals surface area contributed by atoms with E-state index in [9.17, 15) is 10.1 Å². The molecular weight excluding hydrogens is 310 g/mol. The van der Waals surface area contributed by atoms with Gasteiger partial charge in [0.1, 0.15) is 11.4 Å². The third kappa shape index (κ3) is 3.22. The lowest BCUT2D eigenvalue weighted by Gasteiger charge is -2.06. The zero-order chi connectivity index (χ0) is 16.9. The maximum absolute atomic E-state index is 11.3. The minimum Gasteiger partial charge on any atom is -0.380 e. The van der Waals surface area contributed by atoms with E-state index < -0.39 is 4.92 Å². The van der Waals surface area contributed by atoms with Crippen LogP contribution in [-0.4, -0.2) is 26.6 Å². The summed E-state index contributed by atoms with van der Waals surface area (Å²) in [5, 5.41) is 18.2. The summed E-state index contributed by atoms with van der Waals surface area (Å²) in [5.41, 5.74) is 1.51. The summed E-state index contributed by atoms with van der Waals surface area (Å²) < 4.78 is 5.19. The fourth-order valence-electron chi connectivity index (χ4n) is 2.16. The second-order valence-electron chi connectivity index (χ2n) is 5.05. The van der Waals surface area contributed by atoms with Crippen molar-refractivity contribution < 1.29 is 9.45 Å². The van der Waals surface area contributed by atoms with Gasteiger partial charge in [-0.3, -0.25) is 15.1 Å². The molecule has 0 amide bonds. The van der Waals surface area contributed by atoms with Gasteiger partial charge in [-0.15, -0.1) is 0 Å². The van der Waals surface area contributed by atoms with Crippen LogP contribution in [0.25, 0.3) is 23.0 Å². The van der Waals surface area contributed by atoms with Gasteiger partial charge in [-0.25, -0.2) is 0 Å². The highest BCUT2D eigenvalue weighted by Crippen LogP contribution is 2.30. The van der Waals surface area contributed by atoms with Crippen LogP contribution >= 0.6 is 0 Å². The van der Waals surface area contributed by atoms with E-state index in [1.54, 1.807) is 30.5 Å². The number of benzene rings is 1. The third-order valence-corrected chi connectivity index (χ3v) is 3.33. The van der Waals surface area contributed by atoms with Gasteiger partial charge in [0.25, 0.3) is 11.6 Å². The van der Waals surface area contributed by atoms with Crippen LogP contribution in [0.3, 0.4) is 0 Å². The maximum atomic E-state index is 11.3. The Balaban J connectivity index is 1.94. The first kappa shape index (κ1) is 15.6. The van der Waals surface area contributed by atoms with Crippen molar-refractivity contribution in [3.05, 3.63) is 52.7 Å². The van der Waals surface area contributed by atoms with E-state index in [1.807, 2.05) is 13.0 Å². The zero-order valence-electron chi connectivity index (χ0n) is 13.0. The van der Waals surface area contributed by atoms with E-state index in [4.69, 9.17) is 4.52 Å². The van der Waals surface area contributed by atoms with E-state index in [2.05, 4.69) is 20.4 Å². The number of anilines is 1. The maximum Gasteiger partial charge on any atom is 0.293 e. The van der Waals surface area contributed by atoms with E-state index >= 15 is 0 Å². The zero-order valence-corrected chi connectivity index (χ0v) is 13.0. The quantitative estimate of drug-likeness (QED) is 0.545. The molecule has 0 radical (unpaired) electrons. The molecule has 3 aromatic rings. The Morgan fingerprint density at radius 2 is 2.17 bits per heavy atom. The molecule has 0 aliphatic heterocycles. The van der Waals surface area contributed by atoms with Crippen LogP contribution in [0, 0.1) is 10.1 Å². The van der Waals surface area contributed by atoms with E-state index in [0.29, 0.717) is 23.5 Å². The van der Waals surface area contributed by atoms with Gasteiger partial charge in [-0.2, -0.15) is 4.98 Å². The van der Waals surface area contributed by atoms with E-state index in [1.165, 1.54) is 6.07 Å². The SMILES string of the molecule is CCCNc1ccc(-c2noc(-c3ccccn3)n2)cc1[N+](=O)[O-]. The lowest BCUT2D eigenvalue weighted by Crippen LogP contribution is -2.03. The van der Waals surface area contributed by atoms with Crippen molar-refractivity contribution in [3.63, 3.8) is 0 Å². The lowest BCUT2D eigenvalue weighted by molar-refractivity contribution is -0.383. The van der Waals surface area contributed by atoms with E-state index in [-0.39, 0.29) is 17.4 Å². The number of hydrogen-bond acceptors (Lipinski definition) is 7. The second kappa shape index (κ2) is 6.86. The highest BCUT2D eigenvalue weighted by molar-refractivity contribution is 5.70. The first-order valence-corrected chi connectivity index (χ1v) is 7.47. The van der Waals surface area contributed by atoms with Crippen molar-refractivity contribution in [3.8, 4) is 23.0 Å². The topological polar surface area (TPSA) is 107 Å². The summed E-state index contributed by atoms with van der Waals surface area (Å²) in [6.07, 6.45) is 2.50. The summed E-state index contributed by atoms with van der Waals surface area (Å²) >= 11 is 0. The Morgan fingerprint density at radius 3 is 2.88 bits per heavy atom. The van der Waals surface area contributed by atoms with Crippen LogP contribution in [0.5, 0.6) is 0 Å². The predicted octanol–water partition coefficient (Wildman–Crippen LogP) is 3.53. The number of nitrogens with one attached hydrogen (secondary N) is 1. The van der Waals surface area contributed by atoms with Crippen LogP contribution < -0.4 is 5.32 Å². The molecule has 0 fully saturated rings. The highest BCUT2D eigenvalue weighted by Gasteiger charge is 2.18. The summed E-state index contributed by atoms with van der Waals surface area (Å²) in [5.74, 6) is 0.544. The molecule has 3 rings (SSSR count). The van der Waals surface area contributed by atoms with Crippen molar-refractivity contribution in [2.45, 2.75) is 13.3 Å². The van der Waals surface area contributed by atoms with Gasteiger partial charge in [0.2, 0.25) is 5.82 Å². The largest absolute Gasteiger partial charge is 0.380 e. The van der Waals surface area contributed by atoms with Gasteiger partial charge in [-0.1, -0.05) is 18.1 Å². The van der Waals surface area contributed by atoms with Gasteiger partial charge >= 0.3 is 0 Å². The molecule has 0 saturated heterocycles. The monoisotopic (exact) mass is 325 g/mol. The summed E-state index contributed by atoms with van der Waals surface area (Å²) in [4.78, 5) is 19.3. The molecule has 0 saturated carbocycles. The first-order chi connectivity index (χ1) is 11.7. The van der Waals surface area contributed by atoms with Crippen LogP contribution in [-0.2, 0) is 0 Å². The van der Waals surface area contributed by atoms with Gasteiger partial charge in [0.15, 0.2) is 0 Å². The molecule has 1 N–H and O–H groups in total. The second-order valence-corrected chi connectivity index (χ2v) is 5.05. The number of aromatic nitrogens is 3. The van der Waals surface area contributed by atoms with Crippen molar-refractivity contribution in [1.29, 1.82) is 0 Å². The molecule has 1 aromatic carbocycles. The predicted molar refractivity (Wildman–Crippen MR) is 88.4 cm³/mol. The number of hydrogen-bond donors (Lipinski definition) is 1. The van der Waals surface area contributed by atoms with Crippen LogP contribution in [0.15, 0.2) is 47.1 Å². The minimum atomic E-state index is -0.429. The Hall–Kier alpha value is -3.29. The molecule has 0 aliphatic rings. The first-order valence-electron chi connectivity index (χ1n) is 7.47. The molecule has 0 spiro atoms. The van der Waals surface area contributed by atoms with Crippen molar-refractivity contribution in [2.75, 3.05) is 11.9 Å². The smallest absolute Gasteiger partial charge is 0.293 e. The van der Waals surface area contributed by atoms with Crippen LogP contribution in [0.4, 0.5) is 11.4 Å². The number of rotatable bonds is 6. The number of nitro groups is 1. The normalized spacial score (nSPS) is 10.5. The standard InChI is InChI=1S/C16H15N5O3/c1-2-8-17-12-7-6-11(10-14(12)21(22)23)15-19-16(24-20-15)13-5-3-4-9-18-13/h3-7,9-10,17H,2,8H2,1H3. The molecule has 8 nitrogen and oxygen atoms in total. The molecule has 0 atom stereocenters. The summed E-state index contributed by atoms with van der Waals surface area (Å²) in [6, 6.07) is 10.2. The van der Waals surface area contributed by atoms with Crippen molar-refractivity contribution >= 4 is 11.4 Å². The Bertz CT molecular complexity index is 848. The molecule has 0 aliphatic carbocycles. The van der Waals surface area contributed by atoms with Crippen molar-refractivity contribution in [1.82, 2.24) is 15.1 Å². The van der Waals surface area contributed by atoms with Gasteiger partial charge in [-0.05, 0) is 30.7 Å². The molecule has 0 bridgehead atoms. The van der Waals surface area contributed by atoms with Gasteiger partial charge < -0.3 is 9.84 Å². The Morgan fingerprint density at radius 1 is 1.29 bits per heavy atom. The molecular formula is C16H15N5O3. The average molecular weight is 325 g/mol. The molecule has 122 valence electrons. The number of nitrogens with zero attached hydrogens (tertiary/aromatic N) is 4. The van der Waals surface area contributed by atoms with Gasteiger partial charge in [0, 0.05) is 24.4 Å². The Kier molecular flexibility index (Phi) is 4.46. The molecule has 0 unspecified atom stereocenters. The Labute approximate surface area is 137 Å². The number of pyridine rings is 1. The lowest BCUT2D eigenvalue weighted by atomic mass is 10.1. The third-order valence-electron chi connectivity index (χ3n) is 3.33. The van der Waals surface area contributed by atoms with Crippen LogP contribution in [0.1, 0.15) is 13.3 Å². The molecule has 2 aromatic heterocycles. The molecule has 8 heteroatoms. The minimum absolute atomic E-state index is 0.0230. The van der Waals surface area contributed by atoms with Crippen LogP contribution in [0.2, 0.25) is 0 Å². The highest BCUT2D eigenvalue weighted by atomic mass is 16.6. The summed E-state index contributed by atoms with van der Waals surface area (Å²) in [6.45, 7) is 2.65. The van der Waals surface area contributed by atoms with Gasteiger partial charge in [0.05, 0.1) is 4.92 Å². The number of nitro benzene ring substituents is 1.